The minimum Gasteiger partial charge on any atom is -0.478 e. The maximum atomic E-state index is 12.0. The molecule has 11 heteroatoms. The van der Waals surface area contributed by atoms with Crippen LogP contribution in [0.5, 0.6) is 0 Å². The van der Waals surface area contributed by atoms with Gasteiger partial charge in [-0.2, -0.15) is 12.6 Å². The number of aromatic nitrogens is 2. The van der Waals surface area contributed by atoms with Crippen LogP contribution in [0, 0.1) is 0 Å². The molecule has 1 saturated heterocycles. The number of rotatable bonds is 10. The first kappa shape index (κ1) is 22.8. The molecule has 2 aliphatic rings. The maximum Gasteiger partial charge on any atom is 0.352 e. The molecule has 2 aliphatic heterocycles. The number of unbranched alkanes of at least 4 members (excludes halogenated alkanes) is 2. The number of fused-ring (bicyclic) bond motifs is 1. The van der Waals surface area contributed by atoms with E-state index < -0.39 is 17.2 Å². The zero-order valence-electron chi connectivity index (χ0n) is 16.4. The number of carbonyl (C=O) groups is 3. The van der Waals surface area contributed by atoms with Gasteiger partial charge in [-0.1, -0.05) is 6.42 Å². The summed E-state index contributed by atoms with van der Waals surface area (Å²) < 4.78 is 0. The molecule has 0 spiro atoms. The van der Waals surface area contributed by atoms with Gasteiger partial charge in [0.2, 0.25) is 5.91 Å². The van der Waals surface area contributed by atoms with E-state index in [0.29, 0.717) is 17.6 Å². The van der Waals surface area contributed by atoms with E-state index in [-0.39, 0.29) is 34.7 Å². The van der Waals surface area contributed by atoms with Crippen molar-refractivity contribution in [3.63, 3.8) is 0 Å². The number of β-lactam (4-membered cyclic amide) rings is 1. The van der Waals surface area contributed by atoms with Crippen LogP contribution in [0.4, 0.5) is 0 Å². The fourth-order valence-corrected chi connectivity index (χ4v) is 6.44. The van der Waals surface area contributed by atoms with Gasteiger partial charge >= 0.3 is 11.9 Å². The molecule has 3 rings (SSSR count). The summed E-state index contributed by atoms with van der Waals surface area (Å²) in [6.45, 7) is 1.56. The van der Waals surface area contributed by atoms with Crippen LogP contribution in [0.25, 0.3) is 0 Å². The summed E-state index contributed by atoms with van der Waals surface area (Å²) in [5.41, 5.74) is 3.10. The highest BCUT2D eigenvalue weighted by Crippen LogP contribution is 2.48. The Hall–Kier alpha value is -1.85. The summed E-state index contributed by atoms with van der Waals surface area (Å²) in [6.07, 6.45) is 4.26. The fraction of sp³-hybridized carbons (Fsp3) is 0.526. The van der Waals surface area contributed by atoms with Crippen LogP contribution in [-0.4, -0.2) is 59.5 Å². The number of carboxylic acid groups (broad SMARTS) is 2. The molecule has 0 radical (unpaired) electrons. The number of nitrogens with zero attached hydrogens (tertiary/aromatic N) is 3. The summed E-state index contributed by atoms with van der Waals surface area (Å²) in [4.78, 5) is 36.9. The SMILES string of the molecule is CC(C(=O)O)=C(CCCCCc1nncs1)[C@@H]1S[C@H]2CC(=O)N2C(C(=O)O)=C1CS. The average molecular weight is 470 g/mol. The van der Waals surface area contributed by atoms with Gasteiger partial charge in [-0.05, 0) is 37.3 Å². The second kappa shape index (κ2) is 9.97. The molecule has 8 nitrogen and oxygen atoms in total. The molecule has 1 fully saturated rings. The van der Waals surface area contributed by atoms with E-state index >= 15 is 0 Å². The van der Waals surface area contributed by atoms with Gasteiger partial charge in [0.1, 0.15) is 16.2 Å². The largest absolute Gasteiger partial charge is 0.478 e. The third-order valence-corrected chi connectivity index (χ3v) is 7.93. The molecule has 0 saturated carbocycles. The van der Waals surface area contributed by atoms with Gasteiger partial charge in [-0.15, -0.1) is 33.3 Å². The first-order chi connectivity index (χ1) is 14.3. The lowest BCUT2D eigenvalue weighted by molar-refractivity contribution is -0.146. The second-order valence-corrected chi connectivity index (χ2v) is 9.65. The van der Waals surface area contributed by atoms with Crippen molar-refractivity contribution < 1.29 is 24.6 Å². The van der Waals surface area contributed by atoms with Crippen molar-refractivity contribution in [2.45, 2.75) is 56.1 Å². The third-order valence-electron chi connectivity index (χ3n) is 5.29. The number of aliphatic carboxylic acids is 2. The van der Waals surface area contributed by atoms with Crippen molar-refractivity contribution in [3.8, 4) is 0 Å². The zero-order chi connectivity index (χ0) is 21.8. The predicted molar refractivity (Wildman–Crippen MR) is 118 cm³/mol. The van der Waals surface area contributed by atoms with Crippen LogP contribution < -0.4 is 0 Å². The van der Waals surface area contributed by atoms with E-state index in [1.165, 1.54) is 28.0 Å². The van der Waals surface area contributed by atoms with Gasteiger partial charge in [0.15, 0.2) is 0 Å². The van der Waals surface area contributed by atoms with E-state index in [0.717, 1.165) is 30.7 Å². The smallest absolute Gasteiger partial charge is 0.352 e. The monoisotopic (exact) mass is 469 g/mol. The predicted octanol–water partition coefficient (Wildman–Crippen LogP) is 2.98. The molecule has 0 aliphatic carbocycles. The van der Waals surface area contributed by atoms with Crippen molar-refractivity contribution in [3.05, 3.63) is 32.9 Å². The normalized spacial score (nSPS) is 21.8. The highest BCUT2D eigenvalue weighted by atomic mass is 32.2. The lowest BCUT2D eigenvalue weighted by atomic mass is 9.93. The standard InChI is InChI=1S/C19H23N3O5S3/c1-10(18(24)25)11(5-3-2-4-6-13-21-20-9-29-13)17-12(8-28)16(19(26)27)22-14(23)7-15(22)30-17/h9,15,17,28H,2-8H2,1H3,(H,24,25)(H,26,27)/t15-,17-/m0/s1. The minimum absolute atomic E-state index is 0.0399. The number of hydrogen-bond acceptors (Lipinski definition) is 8. The summed E-state index contributed by atoms with van der Waals surface area (Å²) in [7, 11) is 0. The average Bonchev–Trinajstić information content (AvgIpc) is 3.21. The minimum atomic E-state index is -1.17. The Kier molecular flexibility index (Phi) is 7.59. The summed E-state index contributed by atoms with van der Waals surface area (Å²) in [6, 6.07) is 0. The Morgan fingerprint density at radius 1 is 1.30 bits per heavy atom. The molecule has 162 valence electrons. The molecule has 0 unspecified atom stereocenters. The van der Waals surface area contributed by atoms with Gasteiger partial charge in [-0.25, -0.2) is 9.59 Å². The van der Waals surface area contributed by atoms with E-state index in [4.69, 9.17) is 0 Å². The Morgan fingerprint density at radius 3 is 2.63 bits per heavy atom. The molecule has 1 aromatic heterocycles. The maximum absolute atomic E-state index is 12.0. The number of carboxylic acids is 2. The molecule has 3 heterocycles. The van der Waals surface area contributed by atoms with E-state index in [1.54, 1.807) is 12.4 Å². The van der Waals surface area contributed by atoms with Crippen molar-refractivity contribution >= 4 is 53.6 Å². The lowest BCUT2D eigenvalue weighted by Gasteiger charge is -2.47. The van der Waals surface area contributed by atoms with Crippen LogP contribution in [0.1, 0.15) is 44.0 Å². The lowest BCUT2D eigenvalue weighted by Crippen LogP contribution is -2.55. The van der Waals surface area contributed by atoms with Gasteiger partial charge in [-0.3, -0.25) is 9.69 Å². The molecule has 2 atom stereocenters. The van der Waals surface area contributed by atoms with Crippen LogP contribution in [0.2, 0.25) is 0 Å². The first-order valence-corrected chi connectivity index (χ1v) is 12.0. The number of thioether (sulfide) groups is 1. The molecule has 2 N–H and O–H groups in total. The van der Waals surface area contributed by atoms with Crippen LogP contribution in [-0.2, 0) is 20.8 Å². The van der Waals surface area contributed by atoms with Crippen LogP contribution in [0.15, 0.2) is 27.9 Å². The van der Waals surface area contributed by atoms with Gasteiger partial charge < -0.3 is 10.2 Å². The third kappa shape index (κ3) is 4.73. The highest BCUT2D eigenvalue weighted by molar-refractivity contribution is 8.01. The summed E-state index contributed by atoms with van der Waals surface area (Å²) in [5.74, 6) is -2.27. The summed E-state index contributed by atoms with van der Waals surface area (Å²) in [5, 5.41) is 27.5. The topological polar surface area (TPSA) is 121 Å². The molecular weight excluding hydrogens is 446 g/mol. The first-order valence-electron chi connectivity index (χ1n) is 9.57. The second-order valence-electron chi connectivity index (χ2n) is 7.12. The molecule has 0 bridgehead atoms. The molecule has 30 heavy (non-hydrogen) atoms. The van der Waals surface area contributed by atoms with Crippen molar-refractivity contribution in [2.75, 3.05) is 5.75 Å². The molecule has 1 amide bonds. The highest BCUT2D eigenvalue weighted by Gasteiger charge is 2.49. The number of thiol groups is 1. The van der Waals surface area contributed by atoms with Crippen LogP contribution in [0.3, 0.4) is 0 Å². The van der Waals surface area contributed by atoms with Crippen molar-refractivity contribution in [1.29, 1.82) is 0 Å². The van der Waals surface area contributed by atoms with Gasteiger partial charge in [0.05, 0.1) is 17.0 Å². The number of carbonyl (C=O) groups excluding carboxylic acids is 1. The Bertz CT molecular complexity index is 897. The zero-order valence-corrected chi connectivity index (χ0v) is 18.9. The molecule has 1 aromatic rings. The molecule has 0 aromatic carbocycles. The fourth-order valence-electron chi connectivity index (χ4n) is 3.70. The Morgan fingerprint density at radius 2 is 2.07 bits per heavy atom. The quantitative estimate of drug-likeness (QED) is 0.207. The van der Waals surface area contributed by atoms with E-state index in [9.17, 15) is 24.6 Å². The van der Waals surface area contributed by atoms with Crippen molar-refractivity contribution in [1.82, 2.24) is 15.1 Å². The number of aryl methyl sites for hydroxylation is 1. The van der Waals surface area contributed by atoms with Gasteiger partial charge in [0, 0.05) is 17.7 Å². The van der Waals surface area contributed by atoms with Crippen LogP contribution >= 0.6 is 35.7 Å². The number of amides is 1. The van der Waals surface area contributed by atoms with E-state index in [1.807, 2.05) is 0 Å². The van der Waals surface area contributed by atoms with E-state index in [2.05, 4.69) is 22.8 Å². The van der Waals surface area contributed by atoms with Gasteiger partial charge in [0.25, 0.3) is 0 Å². The Labute approximate surface area is 187 Å². The molecular formula is C19H23N3O5S3. The Balaban J connectivity index is 1.80. The number of hydrogen-bond donors (Lipinski definition) is 3. The summed E-state index contributed by atoms with van der Waals surface area (Å²) >= 11 is 7.29. The van der Waals surface area contributed by atoms with Crippen molar-refractivity contribution in [2.24, 2.45) is 0 Å².